The van der Waals surface area contributed by atoms with Gasteiger partial charge in [-0.2, -0.15) is 0 Å². The predicted molar refractivity (Wildman–Crippen MR) is 109 cm³/mol. The van der Waals surface area contributed by atoms with E-state index in [0.717, 1.165) is 12.8 Å². The van der Waals surface area contributed by atoms with Crippen LogP contribution in [0.5, 0.6) is 0 Å². The highest BCUT2D eigenvalue weighted by atomic mass is 16.3. The molecule has 152 valence electrons. The summed E-state index contributed by atoms with van der Waals surface area (Å²) in [5.74, 6) is 1.04. The molecule has 0 aromatic rings. The molecule has 0 radical (unpaired) electrons. The third-order valence-corrected chi connectivity index (χ3v) is 9.53. The Bertz CT molecular complexity index is 439. The third kappa shape index (κ3) is 3.28. The minimum Gasteiger partial charge on any atom is -0.389 e. The quantitative estimate of drug-likeness (QED) is 0.534. The maximum atomic E-state index is 10.7. The topological polar surface area (TPSA) is 40.5 Å². The average molecular weight is 365 g/mol. The smallest absolute Gasteiger partial charge is 0.0726 e. The van der Waals surface area contributed by atoms with E-state index in [1.54, 1.807) is 0 Å². The zero-order valence-electron chi connectivity index (χ0n) is 17.9. The highest BCUT2D eigenvalue weighted by molar-refractivity contribution is 5.05. The van der Waals surface area contributed by atoms with Crippen LogP contribution in [0.15, 0.2) is 0 Å². The molecule has 0 aliphatic heterocycles. The van der Waals surface area contributed by atoms with Gasteiger partial charge in [-0.05, 0) is 74.0 Å². The first-order valence-corrected chi connectivity index (χ1v) is 11.6. The Labute approximate surface area is 162 Å². The van der Waals surface area contributed by atoms with Gasteiger partial charge in [0.2, 0.25) is 0 Å². The summed E-state index contributed by atoms with van der Waals surface area (Å²) in [4.78, 5) is 0. The Morgan fingerprint density at radius 2 is 0.846 bits per heavy atom. The molecule has 4 rings (SSSR count). The van der Waals surface area contributed by atoms with Crippen LogP contribution in [0.4, 0.5) is 0 Å². The van der Waals surface area contributed by atoms with Gasteiger partial charge < -0.3 is 10.2 Å². The summed E-state index contributed by atoms with van der Waals surface area (Å²) in [6.45, 7) is 9.09. The molecular formula is C24H44O2. The number of rotatable bonds is 0. The molecule has 2 N–H and O–H groups in total. The minimum absolute atomic E-state index is 0.239. The van der Waals surface area contributed by atoms with Crippen molar-refractivity contribution < 1.29 is 10.2 Å². The maximum Gasteiger partial charge on any atom is 0.0726 e. The minimum atomic E-state index is -0.330. The van der Waals surface area contributed by atoms with Gasteiger partial charge >= 0.3 is 0 Å². The fourth-order valence-electron chi connectivity index (χ4n) is 7.30. The monoisotopic (exact) mass is 364 g/mol. The summed E-state index contributed by atoms with van der Waals surface area (Å²) in [6.07, 6.45) is 17.3. The molecule has 4 saturated carbocycles. The predicted octanol–water partition coefficient (Wildman–Crippen LogP) is 6.24. The second-order valence-corrected chi connectivity index (χ2v) is 11.0. The van der Waals surface area contributed by atoms with E-state index in [9.17, 15) is 10.2 Å². The van der Waals surface area contributed by atoms with Crippen molar-refractivity contribution in [1.82, 2.24) is 0 Å². The van der Waals surface area contributed by atoms with Crippen molar-refractivity contribution in [2.24, 2.45) is 22.7 Å². The van der Waals surface area contributed by atoms with Gasteiger partial charge in [0.05, 0.1) is 11.2 Å². The van der Waals surface area contributed by atoms with Gasteiger partial charge in [0.1, 0.15) is 0 Å². The zero-order valence-corrected chi connectivity index (χ0v) is 17.9. The van der Waals surface area contributed by atoms with Crippen molar-refractivity contribution in [2.45, 2.75) is 129 Å². The molecule has 6 atom stereocenters. The van der Waals surface area contributed by atoms with E-state index in [4.69, 9.17) is 0 Å². The van der Waals surface area contributed by atoms with Gasteiger partial charge in [-0.15, -0.1) is 0 Å². The first-order chi connectivity index (χ1) is 12.2. The highest BCUT2D eigenvalue weighted by Crippen LogP contribution is 2.56. The van der Waals surface area contributed by atoms with Gasteiger partial charge in [-0.25, -0.2) is 0 Å². The maximum absolute atomic E-state index is 10.7. The molecule has 0 spiro atoms. The van der Waals surface area contributed by atoms with E-state index in [1.165, 1.54) is 77.0 Å². The van der Waals surface area contributed by atoms with E-state index in [0.29, 0.717) is 11.8 Å². The van der Waals surface area contributed by atoms with Gasteiger partial charge in [0.15, 0.2) is 0 Å². The summed E-state index contributed by atoms with van der Waals surface area (Å²) in [5.41, 5.74) is -0.182. The Hall–Kier alpha value is -0.0800. The Balaban J connectivity index is 0.000000151. The van der Waals surface area contributed by atoms with E-state index >= 15 is 0 Å². The fourth-order valence-corrected chi connectivity index (χ4v) is 7.30. The molecular weight excluding hydrogens is 320 g/mol. The van der Waals surface area contributed by atoms with Crippen LogP contribution >= 0.6 is 0 Å². The SMILES string of the molecule is C[C@H]1CCC[C@@]2(C)CCCC[C@]12O.C[C@H]1CCC[C@@]2(C)CCCC[C@]12O. The lowest BCUT2D eigenvalue weighted by Gasteiger charge is -2.55. The average Bonchev–Trinajstić information content (AvgIpc) is 2.59. The number of hydrogen-bond acceptors (Lipinski definition) is 2. The van der Waals surface area contributed by atoms with Crippen LogP contribution in [0.25, 0.3) is 0 Å². The van der Waals surface area contributed by atoms with Crippen molar-refractivity contribution >= 4 is 0 Å². The van der Waals surface area contributed by atoms with Crippen LogP contribution < -0.4 is 0 Å². The fraction of sp³-hybridized carbons (Fsp3) is 1.00. The first kappa shape index (κ1) is 20.6. The van der Waals surface area contributed by atoms with Gasteiger partial charge in [-0.1, -0.05) is 66.2 Å². The largest absolute Gasteiger partial charge is 0.389 e. The Morgan fingerprint density at radius 3 is 1.19 bits per heavy atom. The normalized spacial score (nSPS) is 51.5. The summed E-state index contributed by atoms with van der Waals surface area (Å²) >= 11 is 0. The molecule has 0 saturated heterocycles. The summed E-state index contributed by atoms with van der Waals surface area (Å²) in [6, 6.07) is 0. The lowest BCUT2D eigenvalue weighted by atomic mass is 9.54. The van der Waals surface area contributed by atoms with Crippen molar-refractivity contribution in [1.29, 1.82) is 0 Å². The van der Waals surface area contributed by atoms with Crippen molar-refractivity contribution in [2.75, 3.05) is 0 Å². The second kappa shape index (κ2) is 7.39. The summed E-state index contributed by atoms with van der Waals surface area (Å²) in [7, 11) is 0. The molecule has 4 aliphatic carbocycles. The van der Waals surface area contributed by atoms with E-state index in [2.05, 4.69) is 27.7 Å². The molecule has 0 aromatic carbocycles. The Kier molecular flexibility index (Phi) is 5.87. The summed E-state index contributed by atoms with van der Waals surface area (Å²) in [5, 5.41) is 21.4. The number of hydrogen-bond donors (Lipinski definition) is 2. The molecule has 0 unspecified atom stereocenters. The van der Waals surface area contributed by atoms with Crippen LogP contribution in [0, 0.1) is 22.7 Å². The lowest BCUT2D eigenvalue weighted by molar-refractivity contribution is -0.164. The highest BCUT2D eigenvalue weighted by Gasteiger charge is 2.53. The first-order valence-electron chi connectivity index (χ1n) is 11.6. The van der Waals surface area contributed by atoms with E-state index in [1.807, 2.05) is 0 Å². The standard InChI is InChI=1S/2C12H22O/c2*1-10-6-5-8-11(2)7-3-4-9-12(10,11)13/h2*10,13H,3-9H2,1-2H3/t2*10-,11+,12-/m00/s1. The van der Waals surface area contributed by atoms with E-state index < -0.39 is 0 Å². The molecule has 2 heteroatoms. The van der Waals surface area contributed by atoms with Crippen molar-refractivity contribution in [3.8, 4) is 0 Å². The van der Waals surface area contributed by atoms with E-state index in [-0.39, 0.29) is 22.0 Å². The second-order valence-electron chi connectivity index (χ2n) is 11.0. The van der Waals surface area contributed by atoms with Crippen LogP contribution in [-0.4, -0.2) is 21.4 Å². The third-order valence-electron chi connectivity index (χ3n) is 9.53. The van der Waals surface area contributed by atoms with Gasteiger partial charge in [0.25, 0.3) is 0 Å². The molecule has 2 nitrogen and oxygen atoms in total. The lowest BCUT2D eigenvalue weighted by Crippen LogP contribution is -2.55. The van der Waals surface area contributed by atoms with Crippen molar-refractivity contribution in [3.05, 3.63) is 0 Å². The van der Waals surface area contributed by atoms with Gasteiger partial charge in [0, 0.05) is 0 Å². The zero-order chi connectivity index (χ0) is 19.1. The van der Waals surface area contributed by atoms with Crippen molar-refractivity contribution in [3.63, 3.8) is 0 Å². The molecule has 0 heterocycles. The van der Waals surface area contributed by atoms with Crippen LogP contribution in [-0.2, 0) is 0 Å². The number of fused-ring (bicyclic) bond motifs is 2. The number of aliphatic hydroxyl groups is 2. The molecule has 4 aliphatic rings. The molecule has 0 aromatic heterocycles. The van der Waals surface area contributed by atoms with Crippen LogP contribution in [0.1, 0.15) is 118 Å². The molecule has 26 heavy (non-hydrogen) atoms. The van der Waals surface area contributed by atoms with Gasteiger partial charge in [-0.3, -0.25) is 0 Å². The Morgan fingerprint density at radius 1 is 0.538 bits per heavy atom. The van der Waals surface area contributed by atoms with Crippen LogP contribution in [0.3, 0.4) is 0 Å². The van der Waals surface area contributed by atoms with Crippen LogP contribution in [0.2, 0.25) is 0 Å². The molecule has 0 amide bonds. The summed E-state index contributed by atoms with van der Waals surface area (Å²) < 4.78 is 0. The molecule has 0 bridgehead atoms. The molecule has 4 fully saturated rings.